The van der Waals surface area contributed by atoms with Crippen LogP contribution >= 0.6 is 11.8 Å². The van der Waals surface area contributed by atoms with Crippen molar-refractivity contribution in [1.29, 1.82) is 0 Å². The molecule has 1 aromatic heterocycles. The van der Waals surface area contributed by atoms with Gasteiger partial charge in [0, 0.05) is 19.0 Å². The van der Waals surface area contributed by atoms with E-state index in [2.05, 4.69) is 15.6 Å². The molecule has 0 bridgehead atoms. The summed E-state index contributed by atoms with van der Waals surface area (Å²) in [6.45, 7) is 4.76. The molecule has 2 aromatic rings. The van der Waals surface area contributed by atoms with Crippen molar-refractivity contribution < 1.29 is 9.59 Å². The first kappa shape index (κ1) is 18.3. The Morgan fingerprint density at radius 3 is 2.62 bits per heavy atom. The normalized spacial score (nSPS) is 11.0. The number of aromatic nitrogens is 2. The zero-order valence-electron chi connectivity index (χ0n) is 14.3. The number of carbonyl (C=O) groups is 2. The largest absolute Gasteiger partial charge is 0.354 e. The van der Waals surface area contributed by atoms with Gasteiger partial charge in [0.2, 0.25) is 11.8 Å². The van der Waals surface area contributed by atoms with Crippen LogP contribution in [0.5, 0.6) is 0 Å². The van der Waals surface area contributed by atoms with Crippen LogP contribution in [-0.4, -0.2) is 40.7 Å². The summed E-state index contributed by atoms with van der Waals surface area (Å²) in [5.74, 6) is 1.51. The molecule has 0 fully saturated rings. The Labute approximate surface area is 146 Å². The number of carbonyl (C=O) groups excluding carboxylic acids is 2. The van der Waals surface area contributed by atoms with Gasteiger partial charge >= 0.3 is 0 Å². The van der Waals surface area contributed by atoms with Crippen LogP contribution in [-0.2, 0) is 21.9 Å². The summed E-state index contributed by atoms with van der Waals surface area (Å²) in [5.41, 5.74) is 1.86. The summed E-state index contributed by atoms with van der Waals surface area (Å²) in [7, 11) is 0. The van der Waals surface area contributed by atoms with E-state index in [-0.39, 0.29) is 24.3 Å². The van der Waals surface area contributed by atoms with Crippen molar-refractivity contribution in [2.45, 2.75) is 26.1 Å². The third kappa shape index (κ3) is 4.74. The molecule has 2 N–H and O–H groups in total. The molecule has 130 valence electrons. The molecular weight excluding hydrogens is 324 g/mol. The van der Waals surface area contributed by atoms with Crippen molar-refractivity contribution in [3.63, 3.8) is 0 Å². The lowest BCUT2D eigenvalue weighted by Crippen LogP contribution is -2.37. The zero-order valence-corrected chi connectivity index (χ0v) is 15.2. The van der Waals surface area contributed by atoms with E-state index in [4.69, 9.17) is 0 Å². The van der Waals surface area contributed by atoms with E-state index < -0.39 is 0 Å². The molecule has 0 radical (unpaired) electrons. The van der Waals surface area contributed by atoms with Crippen LogP contribution in [0, 0.1) is 5.92 Å². The van der Waals surface area contributed by atoms with Gasteiger partial charge in [-0.1, -0.05) is 26.0 Å². The number of thioether (sulfide) groups is 1. The molecule has 0 saturated heterocycles. The number of rotatable bonds is 8. The van der Waals surface area contributed by atoms with Gasteiger partial charge in [0.25, 0.3) is 0 Å². The second kappa shape index (κ2) is 8.73. The fourth-order valence-corrected chi connectivity index (χ4v) is 2.81. The number of nitrogens with zero attached hydrogens (tertiary/aromatic N) is 2. The Kier molecular flexibility index (Phi) is 6.66. The van der Waals surface area contributed by atoms with Gasteiger partial charge in [-0.05, 0) is 18.4 Å². The predicted octanol–water partition coefficient (Wildman–Crippen LogP) is 1.79. The quantitative estimate of drug-likeness (QED) is 0.713. The fraction of sp³-hybridized carbons (Fsp3) is 0.471. The second-order valence-corrected chi connectivity index (χ2v) is 6.70. The van der Waals surface area contributed by atoms with Crippen molar-refractivity contribution >= 4 is 34.6 Å². The van der Waals surface area contributed by atoms with E-state index >= 15 is 0 Å². The van der Waals surface area contributed by atoms with Crippen LogP contribution in [0.2, 0.25) is 0 Å². The average molecular weight is 348 g/mol. The molecule has 1 heterocycles. The average Bonchev–Trinajstić information content (AvgIpc) is 2.89. The van der Waals surface area contributed by atoms with E-state index in [0.717, 1.165) is 22.6 Å². The third-order valence-electron chi connectivity index (χ3n) is 3.58. The summed E-state index contributed by atoms with van der Waals surface area (Å²) in [4.78, 5) is 28.3. The molecule has 0 spiro atoms. The minimum absolute atomic E-state index is 0.00731. The molecule has 2 rings (SSSR count). The number of nitrogens with one attached hydrogen (secondary N) is 2. The second-order valence-electron chi connectivity index (χ2n) is 5.83. The number of hydrogen-bond acceptors (Lipinski definition) is 4. The van der Waals surface area contributed by atoms with Gasteiger partial charge in [0.05, 0.1) is 16.8 Å². The summed E-state index contributed by atoms with van der Waals surface area (Å²) in [5, 5.41) is 5.62. The summed E-state index contributed by atoms with van der Waals surface area (Å²) < 4.78 is 1.95. The first-order valence-electron chi connectivity index (χ1n) is 8.00. The predicted molar refractivity (Wildman–Crippen MR) is 97.8 cm³/mol. The van der Waals surface area contributed by atoms with E-state index in [9.17, 15) is 9.59 Å². The molecule has 6 nitrogen and oxygen atoms in total. The molecule has 0 unspecified atom stereocenters. The maximum Gasteiger partial charge on any atom is 0.240 e. The number of amides is 2. The highest BCUT2D eigenvalue weighted by atomic mass is 32.2. The van der Waals surface area contributed by atoms with Gasteiger partial charge in [-0.25, -0.2) is 4.98 Å². The van der Waals surface area contributed by atoms with Crippen molar-refractivity contribution in [2.75, 3.05) is 19.3 Å². The number of imidazole rings is 1. The number of hydrogen-bond donors (Lipinski definition) is 2. The number of benzene rings is 1. The first-order chi connectivity index (χ1) is 11.5. The Hall–Kier alpha value is -2.02. The smallest absolute Gasteiger partial charge is 0.240 e. The Balaban J connectivity index is 1.95. The Morgan fingerprint density at radius 1 is 1.21 bits per heavy atom. The summed E-state index contributed by atoms with van der Waals surface area (Å²) in [6.07, 6.45) is 2.02. The van der Waals surface area contributed by atoms with E-state index in [1.165, 1.54) is 0 Å². The SMILES string of the molecule is CSCc1nc2ccccc2n1CC(=O)NCCNC(=O)C(C)C. The van der Waals surface area contributed by atoms with Crippen molar-refractivity contribution in [1.82, 2.24) is 20.2 Å². The minimum atomic E-state index is -0.0840. The van der Waals surface area contributed by atoms with Gasteiger partial charge in [0.15, 0.2) is 0 Å². The van der Waals surface area contributed by atoms with Gasteiger partial charge in [0.1, 0.15) is 12.4 Å². The Morgan fingerprint density at radius 2 is 1.92 bits per heavy atom. The van der Waals surface area contributed by atoms with E-state index in [1.807, 2.05) is 48.9 Å². The van der Waals surface area contributed by atoms with Crippen LogP contribution in [0.25, 0.3) is 11.0 Å². The highest BCUT2D eigenvalue weighted by Crippen LogP contribution is 2.18. The lowest BCUT2D eigenvalue weighted by molar-refractivity contribution is -0.124. The monoisotopic (exact) mass is 348 g/mol. The first-order valence-corrected chi connectivity index (χ1v) is 9.39. The van der Waals surface area contributed by atoms with Gasteiger partial charge in [-0.2, -0.15) is 11.8 Å². The Bertz CT molecular complexity index is 712. The van der Waals surface area contributed by atoms with Crippen molar-refractivity contribution in [3.8, 4) is 0 Å². The van der Waals surface area contributed by atoms with Gasteiger partial charge < -0.3 is 15.2 Å². The minimum Gasteiger partial charge on any atom is -0.354 e. The van der Waals surface area contributed by atoms with E-state index in [1.54, 1.807) is 11.8 Å². The standard InChI is InChI=1S/C17H24N4O2S/c1-12(2)17(23)19-9-8-18-16(22)10-21-14-7-5-4-6-13(14)20-15(21)11-24-3/h4-7,12H,8-11H2,1-3H3,(H,18,22)(H,19,23). The summed E-state index contributed by atoms with van der Waals surface area (Å²) in [6, 6.07) is 7.82. The topological polar surface area (TPSA) is 76.0 Å². The summed E-state index contributed by atoms with van der Waals surface area (Å²) >= 11 is 1.68. The van der Waals surface area contributed by atoms with Gasteiger partial charge in [-0.3, -0.25) is 9.59 Å². The maximum atomic E-state index is 12.2. The molecule has 24 heavy (non-hydrogen) atoms. The molecule has 7 heteroatoms. The lowest BCUT2D eigenvalue weighted by Gasteiger charge is -2.11. The van der Waals surface area contributed by atoms with Crippen molar-refractivity contribution in [2.24, 2.45) is 5.92 Å². The van der Waals surface area contributed by atoms with Crippen LogP contribution in [0.4, 0.5) is 0 Å². The maximum absolute atomic E-state index is 12.2. The molecule has 0 aliphatic rings. The molecular formula is C17H24N4O2S. The lowest BCUT2D eigenvalue weighted by atomic mass is 10.2. The van der Waals surface area contributed by atoms with Crippen LogP contribution in [0.1, 0.15) is 19.7 Å². The van der Waals surface area contributed by atoms with E-state index in [0.29, 0.717) is 13.1 Å². The van der Waals surface area contributed by atoms with Crippen LogP contribution in [0.15, 0.2) is 24.3 Å². The highest BCUT2D eigenvalue weighted by Gasteiger charge is 2.13. The molecule has 0 aliphatic carbocycles. The molecule has 1 aromatic carbocycles. The van der Waals surface area contributed by atoms with Crippen LogP contribution in [0.3, 0.4) is 0 Å². The number of fused-ring (bicyclic) bond motifs is 1. The molecule has 0 atom stereocenters. The fourth-order valence-electron chi connectivity index (χ4n) is 2.33. The highest BCUT2D eigenvalue weighted by molar-refractivity contribution is 7.97. The van der Waals surface area contributed by atoms with Crippen molar-refractivity contribution in [3.05, 3.63) is 30.1 Å². The molecule has 0 aliphatic heterocycles. The van der Waals surface area contributed by atoms with Crippen LogP contribution < -0.4 is 10.6 Å². The zero-order chi connectivity index (χ0) is 17.5. The van der Waals surface area contributed by atoms with Gasteiger partial charge in [-0.15, -0.1) is 0 Å². The molecule has 2 amide bonds. The third-order valence-corrected chi connectivity index (χ3v) is 4.13. The number of para-hydroxylation sites is 2. The molecule has 0 saturated carbocycles.